The van der Waals surface area contributed by atoms with Crippen LogP contribution in [0.1, 0.15) is 43.2 Å². The molecule has 7 rings (SSSR count). The highest BCUT2D eigenvalue weighted by atomic mass is 19.1. The average Bonchev–Trinajstić information content (AvgIpc) is 3.59. The molecule has 1 saturated carbocycles. The quantitative estimate of drug-likeness (QED) is 0.493. The number of H-pyrrole nitrogens is 1. The highest BCUT2D eigenvalue weighted by Crippen LogP contribution is 2.54. The molecule has 3 aromatic rings. The number of para-hydroxylation sites is 1. The Morgan fingerprint density at radius 2 is 1.81 bits per heavy atom. The first kappa shape index (κ1) is 21.7. The second kappa shape index (κ2) is 7.74. The fraction of sp³-hybridized carbons (Fsp3) is 0.393. The van der Waals surface area contributed by atoms with Crippen molar-refractivity contribution in [1.82, 2.24) is 15.2 Å². The molecule has 3 aliphatic heterocycles. The highest BCUT2D eigenvalue weighted by molar-refractivity contribution is 6.15. The van der Waals surface area contributed by atoms with Crippen molar-refractivity contribution in [3.63, 3.8) is 0 Å². The number of likely N-dealkylation sites (tertiary alicyclic amines) is 1. The summed E-state index contributed by atoms with van der Waals surface area (Å²) in [5.41, 5.74) is 1.41. The van der Waals surface area contributed by atoms with Crippen LogP contribution in [0.3, 0.4) is 0 Å². The Balaban J connectivity index is 1.36. The van der Waals surface area contributed by atoms with Gasteiger partial charge in [0.1, 0.15) is 11.4 Å². The van der Waals surface area contributed by atoms with Crippen molar-refractivity contribution in [2.24, 2.45) is 11.8 Å². The van der Waals surface area contributed by atoms with E-state index in [0.717, 1.165) is 48.6 Å². The molecule has 36 heavy (non-hydrogen) atoms. The van der Waals surface area contributed by atoms with Crippen LogP contribution in [0.5, 0.6) is 0 Å². The Hall–Kier alpha value is -3.52. The third-order valence-corrected chi connectivity index (χ3v) is 8.77. The summed E-state index contributed by atoms with van der Waals surface area (Å²) in [7, 11) is 0. The molecule has 3 fully saturated rings. The second-order valence-corrected chi connectivity index (χ2v) is 10.6. The first-order valence-electron chi connectivity index (χ1n) is 12.8. The van der Waals surface area contributed by atoms with Crippen molar-refractivity contribution in [3.05, 3.63) is 65.6 Å². The number of imide groups is 1. The number of anilines is 1. The Morgan fingerprint density at radius 1 is 1.00 bits per heavy atom. The van der Waals surface area contributed by atoms with Crippen molar-refractivity contribution in [3.8, 4) is 0 Å². The van der Waals surface area contributed by atoms with E-state index in [-0.39, 0.29) is 17.9 Å². The molecule has 0 bridgehead atoms. The fourth-order valence-corrected chi connectivity index (χ4v) is 7.21. The minimum absolute atomic E-state index is 0.133. The van der Waals surface area contributed by atoms with E-state index in [1.165, 1.54) is 23.1 Å². The average molecular weight is 487 g/mol. The van der Waals surface area contributed by atoms with Crippen molar-refractivity contribution in [2.45, 2.75) is 56.1 Å². The van der Waals surface area contributed by atoms with Gasteiger partial charge in [-0.15, -0.1) is 0 Å². The van der Waals surface area contributed by atoms with E-state index >= 15 is 0 Å². The number of aromatic nitrogens is 1. The number of amides is 3. The van der Waals surface area contributed by atoms with E-state index in [0.29, 0.717) is 17.7 Å². The van der Waals surface area contributed by atoms with E-state index in [4.69, 9.17) is 0 Å². The fourth-order valence-electron chi connectivity index (χ4n) is 7.21. The van der Waals surface area contributed by atoms with Crippen LogP contribution in [0.25, 0.3) is 10.9 Å². The van der Waals surface area contributed by atoms with Gasteiger partial charge < -0.3 is 10.3 Å². The number of carbonyl (C=O) groups is 3. The summed E-state index contributed by atoms with van der Waals surface area (Å²) >= 11 is 0. The van der Waals surface area contributed by atoms with E-state index in [1.807, 2.05) is 30.5 Å². The summed E-state index contributed by atoms with van der Waals surface area (Å²) < 4.78 is 14.5. The number of fused-ring (bicyclic) bond motifs is 5. The number of hydrogen-bond donors (Lipinski definition) is 3. The molecule has 1 aromatic heterocycles. The van der Waals surface area contributed by atoms with Gasteiger partial charge in [0.2, 0.25) is 17.7 Å². The molecule has 2 saturated heterocycles. The molecule has 3 N–H and O–H groups in total. The molecule has 1 aliphatic carbocycles. The molecular weight excluding hydrogens is 459 g/mol. The van der Waals surface area contributed by atoms with Crippen LogP contribution in [0, 0.1) is 17.7 Å². The maximum Gasteiger partial charge on any atom is 0.250 e. The van der Waals surface area contributed by atoms with Crippen LogP contribution < -0.4 is 10.6 Å². The Kier molecular flexibility index (Phi) is 4.67. The molecule has 184 valence electrons. The van der Waals surface area contributed by atoms with Gasteiger partial charge in [-0.05, 0) is 49.1 Å². The number of hydrogen-bond acceptors (Lipinski definition) is 4. The number of benzene rings is 2. The van der Waals surface area contributed by atoms with Gasteiger partial charge in [-0.25, -0.2) is 4.39 Å². The molecule has 8 heteroatoms. The monoisotopic (exact) mass is 486 g/mol. The molecule has 4 atom stereocenters. The predicted octanol–water partition coefficient (Wildman–Crippen LogP) is 3.60. The molecular formula is C28H27FN4O3. The Labute approximate surface area is 207 Å². The van der Waals surface area contributed by atoms with Crippen LogP contribution in [0.2, 0.25) is 0 Å². The zero-order chi connectivity index (χ0) is 24.6. The molecule has 0 radical (unpaired) electrons. The number of nitrogens with one attached hydrogen (secondary N) is 3. The summed E-state index contributed by atoms with van der Waals surface area (Å²) in [6.45, 7) is 0. The van der Waals surface area contributed by atoms with E-state index in [2.05, 4.69) is 15.6 Å². The molecule has 2 aromatic carbocycles. The maximum atomic E-state index is 14.5. The normalized spacial score (nSPS) is 29.9. The van der Waals surface area contributed by atoms with E-state index < -0.39 is 35.1 Å². The first-order chi connectivity index (χ1) is 17.5. The number of rotatable bonds is 3. The Morgan fingerprint density at radius 3 is 2.64 bits per heavy atom. The topological polar surface area (TPSA) is 94.3 Å². The number of halogens is 1. The van der Waals surface area contributed by atoms with Crippen molar-refractivity contribution in [2.75, 3.05) is 5.32 Å². The van der Waals surface area contributed by atoms with Gasteiger partial charge >= 0.3 is 0 Å². The molecule has 4 aliphatic rings. The molecule has 7 nitrogen and oxygen atoms in total. The van der Waals surface area contributed by atoms with Crippen LogP contribution in [0.4, 0.5) is 10.1 Å². The third-order valence-electron chi connectivity index (χ3n) is 8.77. The summed E-state index contributed by atoms with van der Waals surface area (Å²) in [4.78, 5) is 46.4. The first-order valence-corrected chi connectivity index (χ1v) is 12.8. The number of carbonyl (C=O) groups excluding carboxylic acids is 3. The molecule has 3 amide bonds. The van der Waals surface area contributed by atoms with Crippen LogP contribution in [0.15, 0.2) is 48.7 Å². The van der Waals surface area contributed by atoms with Crippen molar-refractivity contribution < 1.29 is 18.8 Å². The van der Waals surface area contributed by atoms with Gasteiger partial charge in [0.15, 0.2) is 0 Å². The number of aromatic amines is 1. The second-order valence-electron chi connectivity index (χ2n) is 10.6. The molecule has 4 heterocycles. The minimum Gasteiger partial charge on any atom is -0.361 e. The largest absolute Gasteiger partial charge is 0.361 e. The zero-order valence-electron chi connectivity index (χ0n) is 19.7. The van der Waals surface area contributed by atoms with Gasteiger partial charge in [0.25, 0.3) is 0 Å². The van der Waals surface area contributed by atoms with Crippen molar-refractivity contribution >= 4 is 34.3 Å². The molecule has 0 unspecified atom stereocenters. The lowest BCUT2D eigenvalue weighted by atomic mass is 9.76. The maximum absolute atomic E-state index is 14.5. The lowest BCUT2D eigenvalue weighted by Gasteiger charge is -2.34. The third kappa shape index (κ3) is 2.85. The van der Waals surface area contributed by atoms with E-state index in [1.54, 1.807) is 0 Å². The smallest absolute Gasteiger partial charge is 0.250 e. The van der Waals surface area contributed by atoms with Crippen LogP contribution in [-0.2, 0) is 26.3 Å². The number of nitrogens with zero attached hydrogens (tertiary/aromatic N) is 1. The summed E-state index contributed by atoms with van der Waals surface area (Å²) in [5.74, 6) is -3.00. The highest BCUT2D eigenvalue weighted by Gasteiger charge is 2.71. The summed E-state index contributed by atoms with van der Waals surface area (Å²) in [6, 6.07) is 11.5. The lowest BCUT2D eigenvalue weighted by molar-refractivity contribution is -0.146. The van der Waals surface area contributed by atoms with Gasteiger partial charge in [0.05, 0.1) is 11.8 Å². The van der Waals surface area contributed by atoms with Crippen LogP contribution >= 0.6 is 0 Å². The predicted molar refractivity (Wildman–Crippen MR) is 131 cm³/mol. The Bertz CT molecular complexity index is 1430. The SMILES string of the molecule is O=C1[C@@H]2[C@H](Cc3c[nH]c4ccccc34)N[C@@]3(C(=O)Nc4ccc(F)cc43)[C@@H]2C(=O)N1C1CCCCC1. The van der Waals surface area contributed by atoms with Gasteiger partial charge in [-0.1, -0.05) is 37.5 Å². The standard InChI is InChI=1S/C28H27FN4O3/c29-16-10-11-21-19(13-16)28(27(36)31-21)24-23(25(34)33(26(24)35)17-6-2-1-3-7-17)22(32-28)12-15-14-30-20-9-5-4-8-18(15)20/h4-5,8-11,13-14,17,22-24,30,32H,1-3,6-7,12H2,(H,31,36)/t22-,23+,24-,28+/m0/s1. The molecule has 1 spiro atoms. The summed E-state index contributed by atoms with van der Waals surface area (Å²) in [6.07, 6.45) is 7.03. The van der Waals surface area contributed by atoms with Gasteiger partial charge in [-0.3, -0.25) is 24.6 Å². The summed E-state index contributed by atoms with van der Waals surface area (Å²) in [5, 5.41) is 7.32. The van der Waals surface area contributed by atoms with Gasteiger partial charge in [0, 0.05) is 40.4 Å². The van der Waals surface area contributed by atoms with Crippen molar-refractivity contribution in [1.29, 1.82) is 0 Å². The zero-order valence-corrected chi connectivity index (χ0v) is 19.7. The van der Waals surface area contributed by atoms with Crippen LogP contribution in [-0.4, -0.2) is 39.7 Å². The van der Waals surface area contributed by atoms with E-state index in [9.17, 15) is 18.8 Å². The minimum atomic E-state index is -1.48. The lowest BCUT2D eigenvalue weighted by Crippen LogP contribution is -2.54. The van der Waals surface area contributed by atoms with Gasteiger partial charge in [-0.2, -0.15) is 0 Å².